The molecule has 1 aliphatic carbocycles. The molecule has 2 aromatic rings. The van der Waals surface area contributed by atoms with Gasteiger partial charge in [-0.1, -0.05) is 34.5 Å². The predicted molar refractivity (Wildman–Crippen MR) is 73.0 cm³/mol. The summed E-state index contributed by atoms with van der Waals surface area (Å²) in [6.45, 7) is 4.80. The van der Waals surface area contributed by atoms with Gasteiger partial charge in [0.2, 0.25) is 5.89 Å². The lowest BCUT2D eigenvalue weighted by Crippen LogP contribution is -2.20. The molecule has 2 N–H and O–H groups in total. The van der Waals surface area contributed by atoms with Crippen LogP contribution in [0, 0.1) is 13.8 Å². The molecule has 0 atom stereocenters. The van der Waals surface area contributed by atoms with Gasteiger partial charge in [-0.15, -0.1) is 0 Å². The summed E-state index contributed by atoms with van der Waals surface area (Å²) in [5.41, 5.74) is 9.51. The van der Waals surface area contributed by atoms with Gasteiger partial charge in [0.25, 0.3) is 0 Å². The lowest BCUT2D eigenvalue weighted by Gasteiger charge is -2.04. The highest BCUT2D eigenvalue weighted by Crippen LogP contribution is 2.46. The van der Waals surface area contributed by atoms with Gasteiger partial charge >= 0.3 is 0 Å². The summed E-state index contributed by atoms with van der Waals surface area (Å²) >= 11 is 0. The Balaban J connectivity index is 1.80. The number of nitrogens with zero attached hydrogens (tertiary/aromatic N) is 2. The smallest absolute Gasteiger partial charge is 0.234 e. The third kappa shape index (κ3) is 2.40. The van der Waals surface area contributed by atoms with Crippen molar-refractivity contribution in [3.8, 4) is 0 Å². The van der Waals surface area contributed by atoms with Crippen LogP contribution < -0.4 is 5.73 Å². The molecule has 4 heteroatoms. The minimum Gasteiger partial charge on any atom is -0.339 e. The van der Waals surface area contributed by atoms with Gasteiger partial charge in [-0.3, -0.25) is 0 Å². The molecule has 1 heterocycles. The SMILES string of the molecule is Cc1cc(C)cc(Cc2noc(C3(CN)CC3)n2)c1. The molecule has 0 saturated heterocycles. The van der Waals surface area contributed by atoms with Gasteiger partial charge in [0, 0.05) is 13.0 Å². The molecular weight excluding hydrogens is 238 g/mol. The van der Waals surface area contributed by atoms with E-state index in [9.17, 15) is 0 Å². The highest BCUT2D eigenvalue weighted by Gasteiger charge is 2.48. The highest BCUT2D eigenvalue weighted by atomic mass is 16.5. The Hall–Kier alpha value is -1.68. The van der Waals surface area contributed by atoms with Crippen LogP contribution in [0.4, 0.5) is 0 Å². The average Bonchev–Trinajstić information content (AvgIpc) is 3.02. The number of nitrogens with two attached hydrogens (primary N) is 1. The second-order valence-corrected chi connectivity index (χ2v) is 5.67. The Morgan fingerprint density at radius 1 is 1.21 bits per heavy atom. The lowest BCUT2D eigenvalue weighted by molar-refractivity contribution is 0.344. The first kappa shape index (κ1) is 12.4. The topological polar surface area (TPSA) is 64.9 Å². The highest BCUT2D eigenvalue weighted by molar-refractivity contribution is 5.30. The molecule has 0 unspecified atom stereocenters. The standard InChI is InChI=1S/C15H19N3O/c1-10-5-11(2)7-12(6-10)8-13-17-14(19-18-13)15(9-16)3-4-15/h5-7H,3-4,8-9,16H2,1-2H3. The number of hydrogen-bond acceptors (Lipinski definition) is 4. The van der Waals surface area contributed by atoms with E-state index in [1.807, 2.05) is 0 Å². The van der Waals surface area contributed by atoms with Crippen LogP contribution in [0.25, 0.3) is 0 Å². The second-order valence-electron chi connectivity index (χ2n) is 5.67. The molecule has 1 fully saturated rings. The van der Waals surface area contributed by atoms with Crippen LogP contribution in [0.2, 0.25) is 0 Å². The predicted octanol–water partition coefficient (Wildman–Crippen LogP) is 2.27. The molecule has 100 valence electrons. The fraction of sp³-hybridized carbons (Fsp3) is 0.467. The minimum atomic E-state index is -0.0201. The summed E-state index contributed by atoms with van der Waals surface area (Å²) in [5, 5.41) is 4.08. The summed E-state index contributed by atoms with van der Waals surface area (Å²) in [5.74, 6) is 1.47. The Morgan fingerprint density at radius 3 is 2.47 bits per heavy atom. The van der Waals surface area contributed by atoms with E-state index in [2.05, 4.69) is 42.2 Å². The van der Waals surface area contributed by atoms with Crippen molar-refractivity contribution in [2.45, 2.75) is 38.5 Å². The normalized spacial score (nSPS) is 16.6. The molecule has 0 aliphatic heterocycles. The molecule has 0 bridgehead atoms. The second kappa shape index (κ2) is 4.46. The first-order valence-electron chi connectivity index (χ1n) is 6.72. The number of aromatic nitrogens is 2. The van der Waals surface area contributed by atoms with Crippen molar-refractivity contribution in [1.29, 1.82) is 0 Å². The van der Waals surface area contributed by atoms with E-state index in [-0.39, 0.29) is 5.41 Å². The quantitative estimate of drug-likeness (QED) is 0.912. The molecule has 4 nitrogen and oxygen atoms in total. The van der Waals surface area contributed by atoms with E-state index >= 15 is 0 Å². The molecule has 19 heavy (non-hydrogen) atoms. The number of hydrogen-bond donors (Lipinski definition) is 1. The number of aryl methyl sites for hydroxylation is 2. The number of rotatable bonds is 4. The van der Waals surface area contributed by atoms with Crippen LogP contribution >= 0.6 is 0 Å². The zero-order valence-corrected chi connectivity index (χ0v) is 11.4. The largest absolute Gasteiger partial charge is 0.339 e. The monoisotopic (exact) mass is 257 g/mol. The first-order valence-corrected chi connectivity index (χ1v) is 6.72. The van der Waals surface area contributed by atoms with Crippen molar-refractivity contribution in [2.75, 3.05) is 6.54 Å². The van der Waals surface area contributed by atoms with Gasteiger partial charge in [-0.2, -0.15) is 4.98 Å². The van der Waals surface area contributed by atoms with Gasteiger partial charge in [0.15, 0.2) is 5.82 Å². The maximum absolute atomic E-state index is 5.77. The Morgan fingerprint density at radius 2 is 1.89 bits per heavy atom. The van der Waals surface area contributed by atoms with Gasteiger partial charge in [0.05, 0.1) is 5.41 Å². The maximum atomic E-state index is 5.77. The summed E-state index contributed by atoms with van der Waals surface area (Å²) in [7, 11) is 0. The van der Waals surface area contributed by atoms with Crippen LogP contribution in [0.3, 0.4) is 0 Å². The van der Waals surface area contributed by atoms with Gasteiger partial charge in [-0.25, -0.2) is 0 Å². The van der Waals surface area contributed by atoms with E-state index < -0.39 is 0 Å². The van der Waals surface area contributed by atoms with Crippen LogP contribution in [0.1, 0.15) is 41.2 Å². The van der Waals surface area contributed by atoms with Crippen molar-refractivity contribution >= 4 is 0 Å². The molecular formula is C15H19N3O. The first-order chi connectivity index (χ1) is 9.11. The van der Waals surface area contributed by atoms with Crippen LogP contribution in [-0.4, -0.2) is 16.7 Å². The van der Waals surface area contributed by atoms with Gasteiger partial charge < -0.3 is 10.3 Å². The van der Waals surface area contributed by atoms with Crippen LogP contribution in [0.15, 0.2) is 22.7 Å². The minimum absolute atomic E-state index is 0.0201. The third-order valence-corrected chi connectivity index (χ3v) is 3.81. The van der Waals surface area contributed by atoms with E-state index in [4.69, 9.17) is 10.3 Å². The summed E-state index contributed by atoms with van der Waals surface area (Å²) in [4.78, 5) is 4.51. The maximum Gasteiger partial charge on any atom is 0.234 e. The zero-order valence-electron chi connectivity index (χ0n) is 11.4. The molecule has 1 aliphatic rings. The Labute approximate surface area is 113 Å². The number of benzene rings is 1. The van der Waals surface area contributed by atoms with Crippen LogP contribution in [0.5, 0.6) is 0 Å². The summed E-state index contributed by atoms with van der Waals surface area (Å²) in [6.07, 6.45) is 2.84. The molecule has 1 aromatic carbocycles. The fourth-order valence-corrected chi connectivity index (χ4v) is 2.55. The lowest BCUT2D eigenvalue weighted by atomic mass is 10.0. The van der Waals surface area contributed by atoms with E-state index in [1.165, 1.54) is 16.7 Å². The van der Waals surface area contributed by atoms with Crippen LogP contribution in [-0.2, 0) is 11.8 Å². The van der Waals surface area contributed by atoms with Crippen molar-refractivity contribution in [1.82, 2.24) is 10.1 Å². The molecule has 0 amide bonds. The summed E-state index contributed by atoms with van der Waals surface area (Å²) in [6, 6.07) is 6.50. The van der Waals surface area contributed by atoms with Crippen molar-refractivity contribution in [2.24, 2.45) is 5.73 Å². The molecule has 3 rings (SSSR count). The van der Waals surface area contributed by atoms with Gasteiger partial charge in [-0.05, 0) is 32.3 Å². The zero-order chi connectivity index (χ0) is 13.5. The van der Waals surface area contributed by atoms with Crippen molar-refractivity contribution in [3.05, 3.63) is 46.6 Å². The summed E-state index contributed by atoms with van der Waals surface area (Å²) < 4.78 is 5.37. The van der Waals surface area contributed by atoms with Crippen molar-refractivity contribution in [3.63, 3.8) is 0 Å². The van der Waals surface area contributed by atoms with E-state index in [1.54, 1.807) is 0 Å². The fourth-order valence-electron chi connectivity index (χ4n) is 2.55. The van der Waals surface area contributed by atoms with Crippen molar-refractivity contribution < 1.29 is 4.52 Å². The molecule has 1 aromatic heterocycles. The Bertz CT molecular complexity index is 579. The molecule has 1 saturated carbocycles. The molecule has 0 radical (unpaired) electrons. The third-order valence-electron chi connectivity index (χ3n) is 3.81. The van der Waals surface area contributed by atoms with E-state index in [0.717, 1.165) is 24.6 Å². The van der Waals surface area contributed by atoms with E-state index in [0.29, 0.717) is 13.0 Å². The average molecular weight is 257 g/mol. The Kier molecular flexibility index (Phi) is 2.90. The molecule has 0 spiro atoms. The van der Waals surface area contributed by atoms with Gasteiger partial charge in [0.1, 0.15) is 0 Å².